The maximum Gasteiger partial charge on any atom is 0.264 e. The van der Waals surface area contributed by atoms with Crippen LogP contribution in [-0.4, -0.2) is 33.2 Å². The lowest BCUT2D eigenvalue weighted by Crippen LogP contribution is -2.41. The summed E-state index contributed by atoms with van der Waals surface area (Å²) in [5.41, 5.74) is 2.31. The van der Waals surface area contributed by atoms with Gasteiger partial charge in [0.1, 0.15) is 6.54 Å². The van der Waals surface area contributed by atoms with Gasteiger partial charge in [0.15, 0.2) is 0 Å². The van der Waals surface area contributed by atoms with E-state index in [1.54, 1.807) is 55.1 Å². The lowest BCUT2D eigenvalue weighted by atomic mass is 10.2. The quantitative estimate of drug-likeness (QED) is 0.295. The van der Waals surface area contributed by atoms with E-state index >= 15 is 0 Å². The zero-order chi connectivity index (χ0) is 23.8. The molecule has 0 unspecified atom stereocenters. The summed E-state index contributed by atoms with van der Waals surface area (Å²) in [6.07, 6.45) is 0.774. The normalized spacial score (nSPS) is 11.2. The number of anilines is 1. The molecule has 3 rings (SSSR count). The Kier molecular flexibility index (Phi) is 8.83. The van der Waals surface area contributed by atoms with E-state index in [-0.39, 0.29) is 17.3 Å². The Morgan fingerprint density at radius 2 is 1.70 bits per heavy atom. The summed E-state index contributed by atoms with van der Waals surface area (Å²) in [5.74, 6) is 0.496. The summed E-state index contributed by atoms with van der Waals surface area (Å²) in [6, 6.07) is 21.4. The van der Waals surface area contributed by atoms with E-state index < -0.39 is 10.0 Å². The molecule has 0 saturated carbocycles. The number of nitrogens with zero attached hydrogens (tertiary/aromatic N) is 1. The van der Waals surface area contributed by atoms with E-state index in [4.69, 9.17) is 11.6 Å². The van der Waals surface area contributed by atoms with E-state index in [0.29, 0.717) is 22.8 Å². The van der Waals surface area contributed by atoms with Crippen molar-refractivity contribution in [2.45, 2.75) is 30.1 Å². The zero-order valence-electron chi connectivity index (χ0n) is 18.6. The second kappa shape index (κ2) is 11.6. The van der Waals surface area contributed by atoms with Crippen LogP contribution in [0.3, 0.4) is 0 Å². The maximum absolute atomic E-state index is 13.4. The molecular weight excluding hydrogens is 476 g/mol. The van der Waals surface area contributed by atoms with Crippen LogP contribution in [0.15, 0.2) is 82.6 Å². The van der Waals surface area contributed by atoms with Crippen LogP contribution in [0.1, 0.15) is 17.5 Å². The van der Waals surface area contributed by atoms with E-state index in [2.05, 4.69) is 36.5 Å². The van der Waals surface area contributed by atoms with Gasteiger partial charge in [-0.05, 0) is 74.0 Å². The molecule has 8 heteroatoms. The van der Waals surface area contributed by atoms with Crippen LogP contribution < -0.4 is 9.62 Å². The van der Waals surface area contributed by atoms with Crippen molar-refractivity contribution in [1.82, 2.24) is 5.32 Å². The molecule has 174 valence electrons. The van der Waals surface area contributed by atoms with Crippen molar-refractivity contribution < 1.29 is 13.2 Å². The third-order valence-corrected chi connectivity index (χ3v) is 8.09. The van der Waals surface area contributed by atoms with Crippen molar-refractivity contribution in [3.63, 3.8) is 0 Å². The Morgan fingerprint density at radius 1 is 1.00 bits per heavy atom. The number of hydrogen-bond acceptors (Lipinski definition) is 4. The smallest absolute Gasteiger partial charge is 0.264 e. The predicted molar refractivity (Wildman–Crippen MR) is 137 cm³/mol. The van der Waals surface area contributed by atoms with Gasteiger partial charge >= 0.3 is 0 Å². The number of thioether (sulfide) groups is 1. The average Bonchev–Trinajstić information content (AvgIpc) is 2.79. The second-order valence-corrected chi connectivity index (χ2v) is 11.1. The molecule has 0 fully saturated rings. The molecule has 1 amide bonds. The Labute approximate surface area is 205 Å². The number of benzene rings is 3. The van der Waals surface area contributed by atoms with Crippen molar-refractivity contribution >= 4 is 45.0 Å². The minimum Gasteiger partial charge on any atom is -0.354 e. The van der Waals surface area contributed by atoms with Gasteiger partial charge in [0.2, 0.25) is 5.91 Å². The minimum atomic E-state index is -3.93. The molecule has 0 heterocycles. The fourth-order valence-corrected chi connectivity index (χ4v) is 5.81. The number of carbonyl (C=O) groups excluding carboxylic acids is 1. The number of sulfonamides is 1. The van der Waals surface area contributed by atoms with Gasteiger partial charge in [-0.2, -0.15) is 0 Å². The van der Waals surface area contributed by atoms with Gasteiger partial charge in [-0.25, -0.2) is 8.42 Å². The number of nitrogens with one attached hydrogen (secondary N) is 1. The minimum absolute atomic E-state index is 0.127. The SMILES string of the molecule is Cc1ccc(SCCCNC(=O)CN(c2ccc(Cl)cc2C)S(=O)(=O)c2ccccc2)cc1. The average molecular weight is 503 g/mol. The first-order valence-electron chi connectivity index (χ1n) is 10.6. The lowest BCUT2D eigenvalue weighted by molar-refractivity contribution is -0.119. The fraction of sp³-hybridized carbons (Fsp3) is 0.240. The molecule has 5 nitrogen and oxygen atoms in total. The topological polar surface area (TPSA) is 66.5 Å². The monoisotopic (exact) mass is 502 g/mol. The van der Waals surface area contributed by atoms with Crippen molar-refractivity contribution in [1.29, 1.82) is 0 Å². The molecule has 1 N–H and O–H groups in total. The van der Waals surface area contributed by atoms with E-state index in [1.165, 1.54) is 22.6 Å². The standard InChI is InChI=1S/C25H27ClN2O3S2/c1-19-9-12-22(13-10-19)32-16-6-15-27-25(29)18-28(24-14-11-21(26)17-20(24)2)33(30,31)23-7-4-3-5-8-23/h3-5,7-14,17H,6,15-16,18H2,1-2H3,(H,27,29). The molecule has 0 aliphatic rings. The van der Waals surface area contributed by atoms with Crippen LogP contribution >= 0.6 is 23.4 Å². The van der Waals surface area contributed by atoms with E-state index in [0.717, 1.165) is 16.5 Å². The second-order valence-electron chi connectivity index (χ2n) is 7.62. The molecule has 3 aromatic carbocycles. The van der Waals surface area contributed by atoms with Crippen LogP contribution in [0.25, 0.3) is 0 Å². The number of rotatable bonds is 10. The third-order valence-electron chi connectivity index (χ3n) is 4.98. The van der Waals surface area contributed by atoms with Crippen LogP contribution in [0.4, 0.5) is 5.69 Å². The molecule has 0 aliphatic carbocycles. The highest BCUT2D eigenvalue weighted by atomic mass is 35.5. The van der Waals surface area contributed by atoms with Crippen LogP contribution in [0.2, 0.25) is 5.02 Å². The van der Waals surface area contributed by atoms with Crippen LogP contribution in [0.5, 0.6) is 0 Å². The van der Waals surface area contributed by atoms with Crippen molar-refractivity contribution in [2.24, 2.45) is 0 Å². The molecule has 0 aromatic heterocycles. The molecule has 0 aliphatic heterocycles. The van der Waals surface area contributed by atoms with Gasteiger partial charge in [-0.15, -0.1) is 11.8 Å². The Balaban J connectivity index is 1.65. The Bertz CT molecular complexity index is 1180. The molecule has 33 heavy (non-hydrogen) atoms. The summed E-state index contributed by atoms with van der Waals surface area (Å²) in [4.78, 5) is 14.0. The Hall–Kier alpha value is -2.48. The van der Waals surface area contributed by atoms with Crippen molar-refractivity contribution in [2.75, 3.05) is 23.1 Å². The van der Waals surface area contributed by atoms with Crippen LogP contribution in [-0.2, 0) is 14.8 Å². The molecule has 0 bridgehead atoms. The van der Waals surface area contributed by atoms with Gasteiger partial charge in [-0.3, -0.25) is 9.10 Å². The van der Waals surface area contributed by atoms with Gasteiger partial charge in [0.05, 0.1) is 10.6 Å². The summed E-state index contributed by atoms with van der Waals surface area (Å²) in [6.45, 7) is 3.98. The highest BCUT2D eigenvalue weighted by Crippen LogP contribution is 2.28. The molecular formula is C25H27ClN2O3S2. The first kappa shape index (κ1) is 25.1. The van der Waals surface area contributed by atoms with E-state index in [1.807, 2.05) is 0 Å². The number of carbonyl (C=O) groups is 1. The highest BCUT2D eigenvalue weighted by Gasteiger charge is 2.28. The summed E-state index contributed by atoms with van der Waals surface area (Å²) in [5, 5.41) is 3.35. The Morgan fingerprint density at radius 3 is 2.36 bits per heavy atom. The fourth-order valence-electron chi connectivity index (χ4n) is 3.23. The number of aryl methyl sites for hydroxylation is 2. The zero-order valence-corrected chi connectivity index (χ0v) is 21.0. The van der Waals surface area contributed by atoms with Crippen LogP contribution in [0, 0.1) is 13.8 Å². The number of amides is 1. The first-order chi connectivity index (χ1) is 15.8. The largest absolute Gasteiger partial charge is 0.354 e. The maximum atomic E-state index is 13.4. The molecule has 0 atom stereocenters. The lowest BCUT2D eigenvalue weighted by Gasteiger charge is -2.25. The third kappa shape index (κ3) is 7.00. The van der Waals surface area contributed by atoms with Crippen molar-refractivity contribution in [3.05, 3.63) is 88.9 Å². The number of halogens is 1. The van der Waals surface area contributed by atoms with Crippen molar-refractivity contribution in [3.8, 4) is 0 Å². The summed E-state index contributed by atoms with van der Waals surface area (Å²) >= 11 is 7.79. The molecule has 0 saturated heterocycles. The summed E-state index contributed by atoms with van der Waals surface area (Å²) < 4.78 is 27.9. The molecule has 3 aromatic rings. The number of hydrogen-bond donors (Lipinski definition) is 1. The van der Waals surface area contributed by atoms with Gasteiger partial charge in [-0.1, -0.05) is 47.5 Å². The van der Waals surface area contributed by atoms with Gasteiger partial charge in [0, 0.05) is 16.5 Å². The predicted octanol–water partition coefficient (Wildman–Crippen LogP) is 5.45. The molecule has 0 radical (unpaired) electrons. The van der Waals surface area contributed by atoms with Gasteiger partial charge in [0.25, 0.3) is 10.0 Å². The summed E-state index contributed by atoms with van der Waals surface area (Å²) in [7, 11) is -3.93. The highest BCUT2D eigenvalue weighted by molar-refractivity contribution is 7.99. The van der Waals surface area contributed by atoms with E-state index in [9.17, 15) is 13.2 Å². The first-order valence-corrected chi connectivity index (χ1v) is 13.4. The van der Waals surface area contributed by atoms with Gasteiger partial charge < -0.3 is 5.32 Å². The molecule has 0 spiro atoms.